The van der Waals surface area contributed by atoms with Crippen LogP contribution in [0.4, 0.5) is 0 Å². The summed E-state index contributed by atoms with van der Waals surface area (Å²) in [5.41, 5.74) is 8.93. The van der Waals surface area contributed by atoms with E-state index >= 15 is 0 Å². The van der Waals surface area contributed by atoms with E-state index in [-0.39, 0.29) is 0 Å². The second-order valence-electron chi connectivity index (χ2n) is 12.5. The SMILES string of the molecule is N#Cc1cccc(-c2nc(-n3c4cc5c6ccccc6n6c7ccccc7c(c4c4ccc7ccccc7c43)c56)nc3ccccc23)c1. The Kier molecular flexibility index (Phi) is 4.85. The van der Waals surface area contributed by atoms with E-state index < -0.39 is 0 Å². The summed E-state index contributed by atoms with van der Waals surface area (Å²) in [5, 5.41) is 20.3. The van der Waals surface area contributed by atoms with Gasteiger partial charge in [-0.1, -0.05) is 103 Å². The van der Waals surface area contributed by atoms with Crippen LogP contribution in [0.5, 0.6) is 0 Å². The standard InChI is InChI=1S/C43H23N5/c44-24-25-10-9-12-27(22-25)40-30-15-3-6-17-34(30)45-43(46-40)48-37-23-33-29-14-4-7-18-35(29)47-36-19-8-5-16-31(36)39(42(33)47)38(37)32-21-20-26-11-1-2-13-28(26)41(32)48/h1-23H. The lowest BCUT2D eigenvalue weighted by atomic mass is 10.0. The van der Waals surface area contributed by atoms with Crippen LogP contribution in [0, 0.1) is 11.3 Å². The highest BCUT2D eigenvalue weighted by Crippen LogP contribution is 2.47. The molecule has 5 heteroatoms. The zero-order chi connectivity index (χ0) is 31.5. The van der Waals surface area contributed by atoms with E-state index in [1.807, 2.05) is 42.5 Å². The molecule has 4 heterocycles. The summed E-state index contributed by atoms with van der Waals surface area (Å²) >= 11 is 0. The lowest BCUT2D eigenvalue weighted by Gasteiger charge is -2.13. The van der Waals surface area contributed by atoms with Crippen molar-refractivity contribution in [1.82, 2.24) is 18.9 Å². The zero-order valence-corrected chi connectivity index (χ0v) is 25.5. The van der Waals surface area contributed by atoms with Crippen LogP contribution < -0.4 is 0 Å². The molecule has 7 aromatic carbocycles. The fraction of sp³-hybridized carbons (Fsp3) is 0. The van der Waals surface area contributed by atoms with E-state index in [2.05, 4.69) is 112 Å². The summed E-state index contributed by atoms with van der Waals surface area (Å²) in [6.07, 6.45) is 0. The van der Waals surface area contributed by atoms with Crippen LogP contribution >= 0.6 is 0 Å². The van der Waals surface area contributed by atoms with Crippen LogP contribution in [0.2, 0.25) is 0 Å². The third-order valence-electron chi connectivity index (χ3n) is 10.0. The summed E-state index contributed by atoms with van der Waals surface area (Å²) in [4.78, 5) is 10.7. The number of para-hydroxylation sites is 3. The molecule has 4 aromatic heterocycles. The van der Waals surface area contributed by atoms with Gasteiger partial charge in [0.1, 0.15) is 0 Å². The quantitative estimate of drug-likeness (QED) is 0.196. The lowest BCUT2D eigenvalue weighted by molar-refractivity contribution is 1.02. The Labute approximate surface area is 273 Å². The maximum Gasteiger partial charge on any atom is 0.235 e. The van der Waals surface area contributed by atoms with Crippen LogP contribution in [0.15, 0.2) is 140 Å². The van der Waals surface area contributed by atoms with Gasteiger partial charge in [-0.2, -0.15) is 5.26 Å². The first-order chi connectivity index (χ1) is 23.8. The molecule has 11 rings (SSSR count). The number of nitriles is 1. The first-order valence-corrected chi connectivity index (χ1v) is 16.1. The predicted molar refractivity (Wildman–Crippen MR) is 196 cm³/mol. The average Bonchev–Trinajstić information content (AvgIpc) is 3.79. The van der Waals surface area contributed by atoms with Crippen molar-refractivity contribution < 1.29 is 0 Å². The Bertz CT molecular complexity index is 3190. The second kappa shape index (κ2) is 9.16. The van der Waals surface area contributed by atoms with Crippen molar-refractivity contribution in [1.29, 1.82) is 5.26 Å². The molecule has 0 spiro atoms. The van der Waals surface area contributed by atoms with Crippen molar-refractivity contribution >= 4 is 81.6 Å². The van der Waals surface area contributed by atoms with Crippen LogP contribution in [0.3, 0.4) is 0 Å². The minimum atomic E-state index is 0.597. The number of hydrogen-bond donors (Lipinski definition) is 0. The van der Waals surface area contributed by atoms with E-state index in [0.29, 0.717) is 11.5 Å². The molecule has 0 bridgehead atoms. The Morgan fingerprint density at radius 1 is 0.500 bits per heavy atom. The molecule has 0 unspecified atom stereocenters. The molecule has 0 saturated carbocycles. The van der Waals surface area contributed by atoms with Crippen molar-refractivity contribution in [3.63, 3.8) is 0 Å². The topological polar surface area (TPSA) is 58.9 Å². The highest BCUT2D eigenvalue weighted by atomic mass is 15.2. The van der Waals surface area contributed by atoms with Gasteiger partial charge < -0.3 is 4.40 Å². The molecule has 0 saturated heterocycles. The third kappa shape index (κ3) is 3.18. The second-order valence-corrected chi connectivity index (χ2v) is 12.5. The van der Waals surface area contributed by atoms with Crippen molar-refractivity contribution in [2.75, 3.05) is 0 Å². The van der Waals surface area contributed by atoms with Gasteiger partial charge in [0.05, 0.1) is 50.4 Å². The van der Waals surface area contributed by atoms with E-state index in [1.54, 1.807) is 0 Å². The monoisotopic (exact) mass is 609 g/mol. The summed E-state index contributed by atoms with van der Waals surface area (Å²) in [5.74, 6) is 0.601. The van der Waals surface area contributed by atoms with Crippen molar-refractivity contribution in [2.45, 2.75) is 0 Å². The highest BCUT2D eigenvalue weighted by molar-refractivity contribution is 6.37. The van der Waals surface area contributed by atoms with Gasteiger partial charge in [-0.3, -0.25) is 4.57 Å². The lowest BCUT2D eigenvalue weighted by Crippen LogP contribution is -2.04. The molecule has 0 aliphatic carbocycles. The van der Waals surface area contributed by atoms with Crippen molar-refractivity contribution in [2.24, 2.45) is 0 Å². The van der Waals surface area contributed by atoms with Gasteiger partial charge in [0.15, 0.2) is 0 Å². The van der Waals surface area contributed by atoms with Crippen molar-refractivity contribution in [3.05, 3.63) is 145 Å². The van der Waals surface area contributed by atoms with Crippen LogP contribution in [0.1, 0.15) is 5.56 Å². The zero-order valence-electron chi connectivity index (χ0n) is 25.5. The van der Waals surface area contributed by atoms with Gasteiger partial charge in [0, 0.05) is 48.7 Å². The van der Waals surface area contributed by atoms with E-state index in [0.717, 1.165) is 44.0 Å². The van der Waals surface area contributed by atoms with Gasteiger partial charge in [-0.15, -0.1) is 0 Å². The molecule has 48 heavy (non-hydrogen) atoms. The molecule has 0 amide bonds. The Morgan fingerprint density at radius 3 is 2.08 bits per heavy atom. The minimum absolute atomic E-state index is 0.597. The maximum atomic E-state index is 9.74. The van der Waals surface area contributed by atoms with Gasteiger partial charge in [-0.25, -0.2) is 9.97 Å². The van der Waals surface area contributed by atoms with E-state index in [4.69, 9.17) is 9.97 Å². The smallest absolute Gasteiger partial charge is 0.235 e. The first-order valence-electron chi connectivity index (χ1n) is 16.1. The number of nitrogens with zero attached hydrogens (tertiary/aromatic N) is 5. The Hall–Kier alpha value is -6.77. The third-order valence-corrected chi connectivity index (χ3v) is 10.0. The van der Waals surface area contributed by atoms with Crippen molar-refractivity contribution in [3.8, 4) is 23.3 Å². The number of rotatable bonds is 2. The number of fused-ring (bicyclic) bond motifs is 13. The van der Waals surface area contributed by atoms with Gasteiger partial charge in [0.2, 0.25) is 5.95 Å². The molecule has 0 fully saturated rings. The maximum absolute atomic E-state index is 9.74. The molecule has 0 aliphatic heterocycles. The highest BCUT2D eigenvalue weighted by Gasteiger charge is 2.26. The fourth-order valence-electron chi connectivity index (χ4n) is 8.10. The van der Waals surface area contributed by atoms with Gasteiger partial charge in [-0.05, 0) is 41.8 Å². The molecule has 0 aliphatic rings. The minimum Gasteiger partial charge on any atom is -0.308 e. The van der Waals surface area contributed by atoms with Crippen LogP contribution in [0.25, 0.3) is 98.8 Å². The Balaban J connectivity index is 1.40. The number of benzene rings is 7. The summed E-state index contributed by atoms with van der Waals surface area (Å²) in [6.45, 7) is 0. The summed E-state index contributed by atoms with van der Waals surface area (Å²) < 4.78 is 4.71. The molecule has 0 atom stereocenters. The molecule has 220 valence electrons. The molecular formula is C43H23N5. The van der Waals surface area contributed by atoms with Crippen LogP contribution in [-0.4, -0.2) is 18.9 Å². The molecule has 5 nitrogen and oxygen atoms in total. The molecular weight excluding hydrogens is 587 g/mol. The largest absolute Gasteiger partial charge is 0.308 e. The van der Waals surface area contributed by atoms with Gasteiger partial charge >= 0.3 is 0 Å². The summed E-state index contributed by atoms with van der Waals surface area (Å²) in [7, 11) is 0. The molecule has 0 radical (unpaired) electrons. The predicted octanol–water partition coefficient (Wildman–Crippen LogP) is 10.6. The number of aromatic nitrogens is 4. The summed E-state index contributed by atoms with van der Waals surface area (Å²) in [6, 6.07) is 51.0. The normalized spacial score (nSPS) is 12.1. The average molecular weight is 610 g/mol. The first kappa shape index (κ1) is 25.4. The van der Waals surface area contributed by atoms with Gasteiger partial charge in [0.25, 0.3) is 0 Å². The number of hydrogen-bond acceptors (Lipinski definition) is 3. The van der Waals surface area contributed by atoms with E-state index in [1.165, 1.54) is 48.9 Å². The molecule has 11 aromatic rings. The molecule has 0 N–H and O–H groups in total. The van der Waals surface area contributed by atoms with E-state index in [9.17, 15) is 5.26 Å². The fourth-order valence-corrected chi connectivity index (χ4v) is 8.10. The Morgan fingerprint density at radius 2 is 1.23 bits per heavy atom. The van der Waals surface area contributed by atoms with Crippen LogP contribution in [-0.2, 0) is 0 Å².